The van der Waals surface area contributed by atoms with Gasteiger partial charge in [0.1, 0.15) is 5.69 Å². The molecule has 0 spiro atoms. The highest BCUT2D eigenvalue weighted by atomic mass is 16.5. The number of hydrogen-bond acceptors (Lipinski definition) is 5. The first-order valence-electron chi connectivity index (χ1n) is 6.21. The van der Waals surface area contributed by atoms with Crippen molar-refractivity contribution in [3.05, 3.63) is 5.69 Å². The lowest BCUT2D eigenvalue weighted by Gasteiger charge is -2.07. The zero-order valence-corrected chi connectivity index (χ0v) is 11.4. The summed E-state index contributed by atoms with van der Waals surface area (Å²) in [4.78, 5) is 0. The summed E-state index contributed by atoms with van der Waals surface area (Å²) in [5.41, 5.74) is 7.46. The Morgan fingerprint density at radius 2 is 2.00 bits per heavy atom. The van der Waals surface area contributed by atoms with E-state index in [9.17, 15) is 0 Å². The summed E-state index contributed by atoms with van der Waals surface area (Å²) in [7, 11) is 3.49. The first-order valence-corrected chi connectivity index (χ1v) is 6.21. The van der Waals surface area contributed by atoms with Gasteiger partial charge in [0.15, 0.2) is 0 Å². The van der Waals surface area contributed by atoms with Crippen molar-refractivity contribution in [3.63, 3.8) is 0 Å². The van der Waals surface area contributed by atoms with E-state index in [4.69, 9.17) is 19.9 Å². The van der Waals surface area contributed by atoms with E-state index in [2.05, 4.69) is 5.10 Å². The Labute approximate surface area is 108 Å². The number of rotatable bonds is 9. The Morgan fingerprint density at radius 3 is 2.61 bits per heavy atom. The Kier molecular flexibility index (Phi) is 6.53. The molecule has 2 N–H and O–H groups in total. The molecule has 0 radical (unpaired) electrons. The monoisotopic (exact) mass is 257 g/mol. The predicted molar refractivity (Wildman–Crippen MR) is 69.8 cm³/mol. The molecule has 0 saturated carbocycles. The van der Waals surface area contributed by atoms with Crippen LogP contribution in [-0.2, 0) is 22.9 Å². The molecular weight excluding hydrogens is 234 g/mol. The number of aryl methyl sites for hydroxylation is 2. The lowest BCUT2D eigenvalue weighted by Crippen LogP contribution is -2.08. The van der Waals surface area contributed by atoms with Gasteiger partial charge in [0.2, 0.25) is 5.88 Å². The average molecular weight is 257 g/mol. The average Bonchev–Trinajstić information content (AvgIpc) is 2.64. The summed E-state index contributed by atoms with van der Waals surface area (Å²) in [6, 6.07) is 0. The van der Waals surface area contributed by atoms with Gasteiger partial charge < -0.3 is 19.9 Å². The van der Waals surface area contributed by atoms with E-state index in [0.717, 1.165) is 18.5 Å². The van der Waals surface area contributed by atoms with Gasteiger partial charge in [0.25, 0.3) is 0 Å². The molecule has 0 amide bonds. The highest BCUT2D eigenvalue weighted by Crippen LogP contribution is 2.24. The van der Waals surface area contributed by atoms with E-state index in [1.165, 1.54) is 0 Å². The van der Waals surface area contributed by atoms with Crippen LogP contribution in [0.5, 0.6) is 5.88 Å². The van der Waals surface area contributed by atoms with E-state index >= 15 is 0 Å². The van der Waals surface area contributed by atoms with Crippen LogP contribution in [0.25, 0.3) is 0 Å². The van der Waals surface area contributed by atoms with Gasteiger partial charge >= 0.3 is 0 Å². The lowest BCUT2D eigenvalue weighted by atomic mass is 10.3. The second-order valence-corrected chi connectivity index (χ2v) is 3.95. The highest BCUT2D eigenvalue weighted by Gasteiger charge is 2.12. The molecule has 104 valence electrons. The number of methoxy groups -OCH3 is 1. The van der Waals surface area contributed by atoms with E-state index in [0.29, 0.717) is 38.0 Å². The number of hydrogen-bond donors (Lipinski definition) is 1. The second kappa shape index (κ2) is 7.94. The summed E-state index contributed by atoms with van der Waals surface area (Å²) >= 11 is 0. The SMILES string of the molecule is CCc1nn(C)c(OCCCOCCOC)c1N. The fourth-order valence-corrected chi connectivity index (χ4v) is 1.58. The van der Waals surface area contributed by atoms with Crippen molar-refractivity contribution in [3.8, 4) is 5.88 Å². The minimum absolute atomic E-state index is 0.569. The van der Waals surface area contributed by atoms with Gasteiger partial charge in [-0.3, -0.25) is 0 Å². The fourth-order valence-electron chi connectivity index (χ4n) is 1.58. The maximum atomic E-state index is 5.94. The van der Waals surface area contributed by atoms with Crippen LogP contribution in [0.2, 0.25) is 0 Å². The number of nitrogens with zero attached hydrogens (tertiary/aromatic N) is 2. The van der Waals surface area contributed by atoms with E-state index in [-0.39, 0.29) is 0 Å². The minimum Gasteiger partial charge on any atom is -0.476 e. The third kappa shape index (κ3) is 4.19. The van der Waals surface area contributed by atoms with Crippen molar-refractivity contribution in [2.24, 2.45) is 7.05 Å². The van der Waals surface area contributed by atoms with Gasteiger partial charge in [-0.2, -0.15) is 5.10 Å². The smallest absolute Gasteiger partial charge is 0.235 e. The summed E-state index contributed by atoms with van der Waals surface area (Å²) in [5.74, 6) is 0.642. The minimum atomic E-state index is 0.569. The van der Waals surface area contributed by atoms with Gasteiger partial charge in [-0.05, 0) is 6.42 Å². The molecule has 0 aliphatic rings. The largest absolute Gasteiger partial charge is 0.476 e. The number of ether oxygens (including phenoxy) is 3. The van der Waals surface area contributed by atoms with Gasteiger partial charge in [0.05, 0.1) is 25.5 Å². The molecule has 18 heavy (non-hydrogen) atoms. The van der Waals surface area contributed by atoms with E-state index in [1.54, 1.807) is 11.8 Å². The predicted octanol–water partition coefficient (Wildman–Crippen LogP) is 0.997. The molecule has 0 aliphatic heterocycles. The second-order valence-electron chi connectivity index (χ2n) is 3.95. The van der Waals surface area contributed by atoms with Gasteiger partial charge in [0, 0.05) is 27.2 Å². The number of nitrogens with two attached hydrogens (primary N) is 1. The zero-order valence-electron chi connectivity index (χ0n) is 11.4. The van der Waals surface area contributed by atoms with E-state index < -0.39 is 0 Å². The molecule has 1 rings (SSSR count). The Bertz CT molecular complexity index is 353. The Hall–Kier alpha value is -1.27. The van der Waals surface area contributed by atoms with Crippen LogP contribution in [0.4, 0.5) is 5.69 Å². The van der Waals surface area contributed by atoms with Crippen molar-refractivity contribution >= 4 is 5.69 Å². The molecule has 0 aromatic carbocycles. The third-order valence-corrected chi connectivity index (χ3v) is 2.54. The standard InChI is InChI=1S/C12H23N3O3/c1-4-10-11(13)12(15(2)14-10)18-7-5-6-17-9-8-16-3/h4-9,13H2,1-3H3. The zero-order chi connectivity index (χ0) is 13.4. The lowest BCUT2D eigenvalue weighted by molar-refractivity contribution is 0.0640. The van der Waals surface area contributed by atoms with Gasteiger partial charge in [-0.25, -0.2) is 4.68 Å². The van der Waals surface area contributed by atoms with Crippen LogP contribution < -0.4 is 10.5 Å². The van der Waals surface area contributed by atoms with Crippen molar-refractivity contribution in [1.29, 1.82) is 0 Å². The number of aromatic nitrogens is 2. The highest BCUT2D eigenvalue weighted by molar-refractivity contribution is 5.53. The van der Waals surface area contributed by atoms with Crippen LogP contribution in [0.3, 0.4) is 0 Å². The van der Waals surface area contributed by atoms with Gasteiger partial charge in [-0.15, -0.1) is 0 Å². The Morgan fingerprint density at radius 1 is 1.22 bits per heavy atom. The summed E-state index contributed by atoms with van der Waals surface area (Å²) < 4.78 is 17.5. The molecule has 6 nitrogen and oxygen atoms in total. The maximum Gasteiger partial charge on any atom is 0.235 e. The molecule has 6 heteroatoms. The third-order valence-electron chi connectivity index (χ3n) is 2.54. The molecule has 0 fully saturated rings. The molecule has 0 unspecified atom stereocenters. The molecule has 0 aliphatic carbocycles. The van der Waals surface area contributed by atoms with Crippen molar-refractivity contribution in [2.45, 2.75) is 19.8 Å². The quantitative estimate of drug-likeness (QED) is 0.668. The first-order chi connectivity index (χ1) is 8.70. The molecule has 0 saturated heterocycles. The van der Waals surface area contributed by atoms with Crippen LogP contribution in [0, 0.1) is 0 Å². The molecule has 1 heterocycles. The Balaban J connectivity index is 2.25. The molecule has 1 aromatic heterocycles. The first kappa shape index (κ1) is 14.8. The molecule has 0 atom stereocenters. The summed E-state index contributed by atoms with van der Waals surface area (Å²) in [6.45, 7) is 4.48. The fraction of sp³-hybridized carbons (Fsp3) is 0.750. The van der Waals surface area contributed by atoms with Crippen molar-refractivity contribution in [2.75, 3.05) is 39.3 Å². The molecule has 0 bridgehead atoms. The van der Waals surface area contributed by atoms with Crippen molar-refractivity contribution < 1.29 is 14.2 Å². The molecule has 1 aromatic rings. The van der Waals surface area contributed by atoms with Gasteiger partial charge in [-0.1, -0.05) is 6.92 Å². The van der Waals surface area contributed by atoms with Crippen LogP contribution in [0.15, 0.2) is 0 Å². The number of nitrogen functional groups attached to an aromatic ring is 1. The normalized spacial score (nSPS) is 10.8. The van der Waals surface area contributed by atoms with Crippen LogP contribution >= 0.6 is 0 Å². The topological polar surface area (TPSA) is 71.5 Å². The number of anilines is 1. The summed E-state index contributed by atoms with van der Waals surface area (Å²) in [5, 5.41) is 4.29. The summed E-state index contributed by atoms with van der Waals surface area (Å²) in [6.07, 6.45) is 1.62. The van der Waals surface area contributed by atoms with Crippen molar-refractivity contribution in [1.82, 2.24) is 9.78 Å². The maximum absolute atomic E-state index is 5.94. The van der Waals surface area contributed by atoms with E-state index in [1.807, 2.05) is 14.0 Å². The molecular formula is C12H23N3O3. The van der Waals surface area contributed by atoms with Crippen LogP contribution in [0.1, 0.15) is 19.0 Å². The van der Waals surface area contributed by atoms with Crippen LogP contribution in [-0.4, -0.2) is 43.3 Å².